The van der Waals surface area contributed by atoms with Crippen molar-refractivity contribution < 1.29 is 17.6 Å². The number of aromatic nitrogens is 1. The van der Waals surface area contributed by atoms with E-state index in [9.17, 15) is 8.42 Å². The fourth-order valence-electron chi connectivity index (χ4n) is 3.34. The predicted molar refractivity (Wildman–Crippen MR) is 141 cm³/mol. The minimum atomic E-state index is -3.82. The van der Waals surface area contributed by atoms with Crippen LogP contribution in [0.1, 0.15) is 49.3 Å². The summed E-state index contributed by atoms with van der Waals surface area (Å²) < 4.78 is 40.5. The Balaban J connectivity index is 2.18. The molecule has 0 amide bonds. The Hall–Kier alpha value is -2.61. The van der Waals surface area contributed by atoms with Crippen LogP contribution in [0, 0.1) is 6.92 Å². The molecular weight excluding hydrogens is 462 g/mol. The summed E-state index contributed by atoms with van der Waals surface area (Å²) in [4.78, 5) is 0.230. The molecular formula is C27H35NO4SSi. The van der Waals surface area contributed by atoms with Crippen LogP contribution in [0.3, 0.4) is 0 Å². The van der Waals surface area contributed by atoms with Crippen LogP contribution in [-0.2, 0) is 19.2 Å². The highest BCUT2D eigenvalue weighted by Gasteiger charge is 2.40. The van der Waals surface area contributed by atoms with E-state index in [0.717, 1.165) is 16.7 Å². The molecule has 34 heavy (non-hydrogen) atoms. The third-order valence-corrected chi connectivity index (χ3v) is 12.6. The summed E-state index contributed by atoms with van der Waals surface area (Å²) in [5.74, 6) is 0. The Kier molecular flexibility index (Phi) is 7.60. The van der Waals surface area contributed by atoms with Gasteiger partial charge in [-0.1, -0.05) is 68.8 Å². The average molecular weight is 498 g/mol. The van der Waals surface area contributed by atoms with E-state index in [1.807, 2.05) is 43.3 Å². The number of hydrogen-bond acceptors (Lipinski definition) is 4. The smallest absolute Gasteiger partial charge is 0.268 e. The fraction of sp³-hybridized carbons (Fsp3) is 0.333. The molecule has 0 bridgehead atoms. The van der Waals surface area contributed by atoms with E-state index in [1.165, 1.54) is 17.3 Å². The van der Waals surface area contributed by atoms with Crippen LogP contribution in [0.2, 0.25) is 18.1 Å². The Morgan fingerprint density at radius 1 is 0.971 bits per heavy atom. The molecule has 0 spiro atoms. The molecule has 182 valence electrons. The van der Waals surface area contributed by atoms with Crippen LogP contribution >= 0.6 is 0 Å². The average Bonchev–Trinajstić information content (AvgIpc) is 3.21. The molecule has 0 saturated carbocycles. The van der Waals surface area contributed by atoms with E-state index in [2.05, 4.69) is 33.9 Å². The summed E-state index contributed by atoms with van der Waals surface area (Å²) in [7, 11) is -4.47. The van der Waals surface area contributed by atoms with E-state index in [4.69, 9.17) is 9.16 Å². The molecule has 0 fully saturated rings. The Bertz CT molecular complexity index is 1240. The largest absolute Gasteiger partial charge is 0.504 e. The molecule has 0 radical (unpaired) electrons. The molecule has 0 saturated heterocycles. The van der Waals surface area contributed by atoms with Crippen molar-refractivity contribution in [1.82, 2.24) is 3.97 Å². The molecule has 1 atom stereocenters. The summed E-state index contributed by atoms with van der Waals surface area (Å²) in [5.41, 5.74) is 3.26. The van der Waals surface area contributed by atoms with E-state index >= 15 is 0 Å². The lowest BCUT2D eigenvalue weighted by Crippen LogP contribution is -2.42. The first-order valence-corrected chi connectivity index (χ1v) is 15.7. The van der Waals surface area contributed by atoms with Crippen molar-refractivity contribution in [3.05, 3.63) is 95.5 Å². The van der Waals surface area contributed by atoms with Gasteiger partial charge in [-0.25, -0.2) is 12.4 Å². The quantitative estimate of drug-likeness (QED) is 0.255. The van der Waals surface area contributed by atoms with Crippen LogP contribution < -0.4 is 0 Å². The zero-order valence-corrected chi connectivity index (χ0v) is 22.9. The fourth-order valence-corrected chi connectivity index (χ4v) is 5.92. The topological polar surface area (TPSA) is 57.5 Å². The minimum absolute atomic E-state index is 0.00461. The highest BCUT2D eigenvalue weighted by Crippen LogP contribution is 2.42. The van der Waals surface area contributed by atoms with Crippen molar-refractivity contribution in [3.8, 4) is 0 Å². The molecule has 3 rings (SSSR count). The van der Waals surface area contributed by atoms with Gasteiger partial charge >= 0.3 is 0 Å². The Labute approximate surface area is 205 Å². The lowest BCUT2D eigenvalue weighted by molar-refractivity contribution is 0.222. The summed E-state index contributed by atoms with van der Waals surface area (Å²) in [6.45, 7) is 12.9. The molecule has 2 aromatic carbocycles. The monoisotopic (exact) mass is 497 g/mol. The maximum atomic E-state index is 13.6. The van der Waals surface area contributed by atoms with Gasteiger partial charge < -0.3 is 9.16 Å². The number of ether oxygens (including phenoxy) is 1. The van der Waals surface area contributed by atoms with Crippen LogP contribution in [0.25, 0.3) is 6.08 Å². The third-order valence-electron chi connectivity index (χ3n) is 6.41. The van der Waals surface area contributed by atoms with Gasteiger partial charge in [-0.05, 0) is 54.9 Å². The first kappa shape index (κ1) is 26.0. The van der Waals surface area contributed by atoms with Gasteiger partial charge in [-0.3, -0.25) is 0 Å². The second-order valence-electron chi connectivity index (χ2n) is 10.0. The molecule has 1 heterocycles. The number of benzene rings is 2. The minimum Gasteiger partial charge on any atom is -0.504 e. The summed E-state index contributed by atoms with van der Waals surface area (Å²) in [6, 6.07) is 18.7. The summed E-state index contributed by atoms with van der Waals surface area (Å²) in [5, 5.41) is -0.00461. The number of hydrogen-bond donors (Lipinski definition) is 0. The highest BCUT2D eigenvalue weighted by molar-refractivity contribution is 7.90. The summed E-state index contributed by atoms with van der Waals surface area (Å²) in [6.07, 6.45) is 4.41. The standard InChI is InChI=1S/C27H35NO4SSi/c1-21-13-15-25(16-14-21)33(29,30)28-20-23(19-24(28)17-18-31-5)26(22-11-9-8-10-12-22)32-34(6,7)27(2,3)4/h8-20,26H,1-7H3/b18-17+. The second-order valence-corrected chi connectivity index (χ2v) is 16.6. The van der Waals surface area contributed by atoms with Crippen molar-refractivity contribution in [1.29, 1.82) is 0 Å². The molecule has 5 nitrogen and oxygen atoms in total. The van der Waals surface area contributed by atoms with Crippen LogP contribution in [0.15, 0.2) is 78.0 Å². The van der Waals surface area contributed by atoms with Gasteiger partial charge in [0.05, 0.1) is 30.1 Å². The van der Waals surface area contributed by atoms with Crippen molar-refractivity contribution in [2.75, 3.05) is 7.11 Å². The van der Waals surface area contributed by atoms with E-state index in [1.54, 1.807) is 36.5 Å². The van der Waals surface area contributed by atoms with Gasteiger partial charge in [0, 0.05) is 11.8 Å². The maximum Gasteiger partial charge on any atom is 0.268 e. The first-order valence-electron chi connectivity index (χ1n) is 11.3. The van der Waals surface area contributed by atoms with Crippen molar-refractivity contribution in [2.24, 2.45) is 0 Å². The van der Waals surface area contributed by atoms with Crippen LogP contribution in [0.5, 0.6) is 0 Å². The molecule has 1 aromatic heterocycles. The molecule has 0 N–H and O–H groups in total. The molecule has 0 aliphatic carbocycles. The van der Waals surface area contributed by atoms with Gasteiger partial charge in [0.15, 0.2) is 8.32 Å². The molecule has 7 heteroatoms. The van der Waals surface area contributed by atoms with Crippen LogP contribution in [-0.4, -0.2) is 27.8 Å². The van der Waals surface area contributed by atoms with Gasteiger partial charge in [-0.15, -0.1) is 0 Å². The zero-order valence-electron chi connectivity index (χ0n) is 21.1. The summed E-state index contributed by atoms with van der Waals surface area (Å²) >= 11 is 0. The van der Waals surface area contributed by atoms with Gasteiger partial charge in [-0.2, -0.15) is 0 Å². The molecule has 0 aliphatic heterocycles. The second kappa shape index (κ2) is 9.94. The van der Waals surface area contributed by atoms with Crippen LogP contribution in [0.4, 0.5) is 0 Å². The number of nitrogens with zero attached hydrogens (tertiary/aromatic N) is 1. The third kappa shape index (κ3) is 5.54. The SMILES string of the molecule is CO/C=C/c1cc(C(O[Si](C)(C)C(C)(C)C)c2ccccc2)cn1S(=O)(=O)c1ccc(C)cc1. The molecule has 1 unspecified atom stereocenters. The number of rotatable bonds is 8. The van der Waals surface area contributed by atoms with Gasteiger partial charge in [0.2, 0.25) is 0 Å². The zero-order chi connectivity index (χ0) is 25.1. The predicted octanol–water partition coefficient (Wildman–Crippen LogP) is 6.76. The Morgan fingerprint density at radius 2 is 1.59 bits per heavy atom. The molecule has 3 aromatic rings. The van der Waals surface area contributed by atoms with Crippen molar-refractivity contribution >= 4 is 24.4 Å². The lowest BCUT2D eigenvalue weighted by atomic mass is 10.0. The normalized spacial score (nSPS) is 13.9. The van der Waals surface area contributed by atoms with E-state index in [0.29, 0.717) is 5.69 Å². The molecule has 0 aliphatic rings. The van der Waals surface area contributed by atoms with Crippen molar-refractivity contribution in [2.45, 2.75) is 56.8 Å². The van der Waals surface area contributed by atoms with E-state index < -0.39 is 24.4 Å². The van der Waals surface area contributed by atoms with Crippen molar-refractivity contribution in [3.63, 3.8) is 0 Å². The van der Waals surface area contributed by atoms with Gasteiger partial charge in [0.1, 0.15) is 0 Å². The number of aryl methyl sites for hydroxylation is 1. The lowest BCUT2D eigenvalue weighted by Gasteiger charge is -2.39. The maximum absolute atomic E-state index is 13.6. The Morgan fingerprint density at radius 3 is 2.15 bits per heavy atom. The van der Waals surface area contributed by atoms with E-state index in [-0.39, 0.29) is 9.93 Å². The first-order chi connectivity index (χ1) is 15.9. The number of methoxy groups -OCH3 is 1. The van der Waals surface area contributed by atoms with Gasteiger partial charge in [0.25, 0.3) is 10.0 Å². The highest BCUT2D eigenvalue weighted by atomic mass is 32.2.